The minimum atomic E-state index is 0.800. The lowest BCUT2D eigenvalue weighted by atomic mass is 10.1. The van der Waals surface area contributed by atoms with Gasteiger partial charge in [0.2, 0.25) is 0 Å². The highest BCUT2D eigenvalue weighted by Crippen LogP contribution is 2.23. The Morgan fingerprint density at radius 1 is 1.08 bits per heavy atom. The smallest absolute Gasteiger partial charge is 0.117 e. The van der Waals surface area contributed by atoms with Crippen molar-refractivity contribution in [3.63, 3.8) is 0 Å². The normalized spacial score (nSPS) is 9.92. The van der Waals surface area contributed by atoms with E-state index >= 15 is 0 Å². The van der Waals surface area contributed by atoms with Gasteiger partial charge in [-0.15, -0.1) is 0 Å². The van der Waals surface area contributed by atoms with Crippen LogP contribution in [-0.4, -0.2) is 15.0 Å². The first-order chi connectivity index (χ1) is 6.38. The summed E-state index contributed by atoms with van der Waals surface area (Å²) in [6, 6.07) is 3.84. The topological polar surface area (TPSA) is 38.7 Å². The Bertz CT molecular complexity index is 403. The number of hydrogen-bond acceptors (Lipinski definition) is 3. The fraction of sp³-hybridized carbons (Fsp3) is 0. The van der Waals surface area contributed by atoms with Crippen molar-refractivity contribution in [2.75, 3.05) is 0 Å². The van der Waals surface area contributed by atoms with Gasteiger partial charge in [-0.25, -0.2) is 9.97 Å². The Kier molecular flexibility index (Phi) is 2.31. The van der Waals surface area contributed by atoms with Gasteiger partial charge in [-0.1, -0.05) is 0 Å². The molecule has 0 aliphatic heterocycles. The van der Waals surface area contributed by atoms with E-state index in [0.717, 1.165) is 15.7 Å². The summed E-state index contributed by atoms with van der Waals surface area (Å²) in [5.74, 6) is 0. The van der Waals surface area contributed by atoms with Crippen LogP contribution in [0, 0.1) is 0 Å². The number of pyridine rings is 1. The van der Waals surface area contributed by atoms with Crippen LogP contribution < -0.4 is 0 Å². The molecule has 3 nitrogen and oxygen atoms in total. The summed E-state index contributed by atoms with van der Waals surface area (Å²) >= 11 is 3.36. The number of hydrogen-bond donors (Lipinski definition) is 0. The van der Waals surface area contributed by atoms with Gasteiger partial charge in [-0.05, 0) is 33.6 Å². The molecule has 0 atom stereocenters. The van der Waals surface area contributed by atoms with E-state index < -0.39 is 0 Å². The Labute approximate surface area is 84.0 Å². The lowest BCUT2D eigenvalue weighted by Crippen LogP contribution is -1.85. The molecule has 2 rings (SSSR count). The second-order valence-corrected chi connectivity index (χ2v) is 3.21. The second kappa shape index (κ2) is 3.62. The van der Waals surface area contributed by atoms with Gasteiger partial charge in [0.25, 0.3) is 0 Å². The van der Waals surface area contributed by atoms with E-state index in [1.165, 1.54) is 6.33 Å². The molecule has 0 saturated heterocycles. The molecule has 2 heterocycles. The van der Waals surface area contributed by atoms with Crippen LogP contribution in [0.5, 0.6) is 0 Å². The van der Waals surface area contributed by atoms with Gasteiger partial charge >= 0.3 is 0 Å². The standard InChI is InChI=1S/C9H6BrN3/c10-9-8(5-12-6-13-9)7-1-3-11-4-2-7/h1-6H. The van der Waals surface area contributed by atoms with Crippen molar-refractivity contribution in [2.45, 2.75) is 0 Å². The van der Waals surface area contributed by atoms with Gasteiger partial charge in [0.15, 0.2) is 0 Å². The predicted octanol–water partition coefficient (Wildman–Crippen LogP) is 2.30. The van der Waals surface area contributed by atoms with Gasteiger partial charge in [0, 0.05) is 24.2 Å². The zero-order valence-corrected chi connectivity index (χ0v) is 8.27. The molecule has 0 unspecified atom stereocenters. The molecule has 0 bridgehead atoms. The van der Waals surface area contributed by atoms with Crippen LogP contribution in [0.1, 0.15) is 0 Å². The van der Waals surface area contributed by atoms with E-state index in [2.05, 4.69) is 30.9 Å². The molecular formula is C9H6BrN3. The molecule has 0 fully saturated rings. The maximum absolute atomic E-state index is 4.04. The van der Waals surface area contributed by atoms with Crippen LogP contribution >= 0.6 is 15.9 Å². The summed E-state index contributed by atoms with van der Waals surface area (Å²) in [5.41, 5.74) is 2.03. The van der Waals surface area contributed by atoms with Gasteiger partial charge in [-0.2, -0.15) is 0 Å². The van der Waals surface area contributed by atoms with Crippen molar-refractivity contribution >= 4 is 15.9 Å². The third-order valence-electron chi connectivity index (χ3n) is 1.65. The second-order valence-electron chi connectivity index (χ2n) is 2.46. The van der Waals surface area contributed by atoms with Crippen LogP contribution in [0.15, 0.2) is 41.7 Å². The van der Waals surface area contributed by atoms with Crippen LogP contribution in [0.25, 0.3) is 11.1 Å². The molecule has 4 heteroatoms. The van der Waals surface area contributed by atoms with Crippen LogP contribution in [0.3, 0.4) is 0 Å². The minimum Gasteiger partial charge on any atom is -0.265 e. The first-order valence-corrected chi connectivity index (χ1v) is 4.53. The van der Waals surface area contributed by atoms with Gasteiger partial charge in [0.05, 0.1) is 0 Å². The van der Waals surface area contributed by atoms with E-state index in [-0.39, 0.29) is 0 Å². The van der Waals surface area contributed by atoms with E-state index in [1.807, 2.05) is 12.1 Å². The molecule has 2 aromatic rings. The van der Waals surface area contributed by atoms with Crippen molar-refractivity contribution in [3.8, 4) is 11.1 Å². The molecule has 0 amide bonds. The summed E-state index contributed by atoms with van der Waals surface area (Å²) in [6.07, 6.45) is 6.77. The molecule has 0 aliphatic rings. The third-order valence-corrected chi connectivity index (χ3v) is 2.29. The van der Waals surface area contributed by atoms with Crippen molar-refractivity contribution in [3.05, 3.63) is 41.7 Å². The number of aromatic nitrogens is 3. The first kappa shape index (κ1) is 8.31. The molecule has 0 radical (unpaired) electrons. The summed E-state index contributed by atoms with van der Waals surface area (Å²) in [4.78, 5) is 11.9. The lowest BCUT2D eigenvalue weighted by molar-refractivity contribution is 1.14. The van der Waals surface area contributed by atoms with Crippen LogP contribution in [-0.2, 0) is 0 Å². The molecule has 64 valence electrons. The average Bonchev–Trinajstić information content (AvgIpc) is 2.20. The van der Waals surface area contributed by atoms with E-state index in [0.29, 0.717) is 0 Å². The van der Waals surface area contributed by atoms with E-state index in [9.17, 15) is 0 Å². The highest BCUT2D eigenvalue weighted by atomic mass is 79.9. The zero-order valence-electron chi connectivity index (χ0n) is 6.68. The molecule has 0 aromatic carbocycles. The monoisotopic (exact) mass is 235 g/mol. The van der Waals surface area contributed by atoms with Crippen LogP contribution in [0.2, 0.25) is 0 Å². The van der Waals surface area contributed by atoms with E-state index in [4.69, 9.17) is 0 Å². The highest BCUT2D eigenvalue weighted by Gasteiger charge is 2.01. The number of halogens is 1. The number of rotatable bonds is 1. The number of nitrogens with zero attached hydrogens (tertiary/aromatic N) is 3. The maximum atomic E-state index is 4.04. The van der Waals surface area contributed by atoms with Crippen molar-refractivity contribution in [2.24, 2.45) is 0 Å². The molecule has 13 heavy (non-hydrogen) atoms. The molecule has 2 aromatic heterocycles. The fourth-order valence-corrected chi connectivity index (χ4v) is 1.46. The van der Waals surface area contributed by atoms with Gasteiger partial charge in [-0.3, -0.25) is 4.98 Å². The summed E-state index contributed by atoms with van der Waals surface area (Å²) in [6.45, 7) is 0. The Morgan fingerprint density at radius 3 is 2.54 bits per heavy atom. The Balaban J connectivity index is 2.54. The SMILES string of the molecule is Brc1ncncc1-c1ccncc1. The lowest BCUT2D eigenvalue weighted by Gasteiger charge is -2.00. The molecular weight excluding hydrogens is 230 g/mol. The maximum Gasteiger partial charge on any atom is 0.117 e. The summed E-state index contributed by atoms with van der Waals surface area (Å²) < 4.78 is 0.800. The van der Waals surface area contributed by atoms with E-state index in [1.54, 1.807) is 18.6 Å². The van der Waals surface area contributed by atoms with Crippen molar-refractivity contribution < 1.29 is 0 Å². The highest BCUT2D eigenvalue weighted by molar-refractivity contribution is 9.10. The Hall–Kier alpha value is -1.29. The zero-order chi connectivity index (χ0) is 9.10. The minimum absolute atomic E-state index is 0.800. The molecule has 0 spiro atoms. The summed E-state index contributed by atoms with van der Waals surface area (Å²) in [5, 5.41) is 0. The van der Waals surface area contributed by atoms with Crippen LogP contribution in [0.4, 0.5) is 0 Å². The average molecular weight is 236 g/mol. The third kappa shape index (κ3) is 1.72. The Morgan fingerprint density at radius 2 is 1.85 bits per heavy atom. The summed E-state index contributed by atoms with van der Waals surface area (Å²) in [7, 11) is 0. The quantitative estimate of drug-likeness (QED) is 0.713. The van der Waals surface area contributed by atoms with Gasteiger partial charge < -0.3 is 0 Å². The largest absolute Gasteiger partial charge is 0.265 e. The first-order valence-electron chi connectivity index (χ1n) is 3.74. The van der Waals surface area contributed by atoms with Crippen molar-refractivity contribution in [1.29, 1.82) is 0 Å². The molecule has 0 N–H and O–H groups in total. The predicted molar refractivity (Wildman–Crippen MR) is 53.0 cm³/mol. The fourth-order valence-electron chi connectivity index (χ4n) is 1.04. The van der Waals surface area contributed by atoms with Gasteiger partial charge in [0.1, 0.15) is 10.9 Å². The molecule has 0 aliphatic carbocycles. The molecule has 0 saturated carbocycles. The van der Waals surface area contributed by atoms with Crippen molar-refractivity contribution in [1.82, 2.24) is 15.0 Å².